The van der Waals surface area contributed by atoms with Crippen molar-refractivity contribution in [3.8, 4) is 16.9 Å². The van der Waals surface area contributed by atoms with Gasteiger partial charge in [-0.1, -0.05) is 15.9 Å². The quantitative estimate of drug-likeness (QED) is 0.727. The maximum Gasteiger partial charge on any atom is 0.130 e. The first-order valence-corrected chi connectivity index (χ1v) is 6.31. The summed E-state index contributed by atoms with van der Waals surface area (Å²) in [6.45, 7) is 4.13. The lowest BCUT2D eigenvalue weighted by Gasteiger charge is -2.34. The molecule has 1 aromatic heterocycles. The first kappa shape index (κ1) is 10.8. The fourth-order valence-electron chi connectivity index (χ4n) is 2.24. The van der Waals surface area contributed by atoms with Crippen molar-refractivity contribution in [2.24, 2.45) is 0 Å². The normalized spacial score (nSPS) is 15.7. The molecule has 0 fully saturated rings. The topological polar surface area (TPSA) is 22.1 Å². The van der Waals surface area contributed by atoms with E-state index in [4.69, 9.17) is 4.74 Å². The second kappa shape index (κ2) is 3.57. The van der Waals surface area contributed by atoms with Crippen molar-refractivity contribution in [1.29, 1.82) is 0 Å². The molecule has 1 aliphatic heterocycles. The predicted molar refractivity (Wildman–Crippen MR) is 71.0 cm³/mol. The van der Waals surface area contributed by atoms with Crippen molar-refractivity contribution in [3.05, 3.63) is 46.7 Å². The molecule has 0 unspecified atom stereocenters. The molecule has 0 atom stereocenters. The van der Waals surface area contributed by atoms with Crippen LogP contribution in [0.2, 0.25) is 0 Å². The highest BCUT2D eigenvalue weighted by Crippen LogP contribution is 2.45. The van der Waals surface area contributed by atoms with Crippen LogP contribution in [0.4, 0.5) is 0 Å². The summed E-state index contributed by atoms with van der Waals surface area (Å²) in [6, 6.07) is 8.17. The molecular formula is C14H12BrNO. The molecule has 0 N–H and O–H groups in total. The lowest BCUT2D eigenvalue weighted by atomic mass is 9.88. The molecule has 0 aliphatic carbocycles. The minimum atomic E-state index is -0.336. The molecule has 17 heavy (non-hydrogen) atoms. The van der Waals surface area contributed by atoms with Crippen molar-refractivity contribution in [2.45, 2.75) is 19.4 Å². The van der Waals surface area contributed by atoms with E-state index in [0.29, 0.717) is 0 Å². The summed E-state index contributed by atoms with van der Waals surface area (Å²) in [5, 5.41) is 0. The van der Waals surface area contributed by atoms with Crippen LogP contribution in [-0.4, -0.2) is 4.98 Å². The van der Waals surface area contributed by atoms with E-state index in [-0.39, 0.29) is 5.60 Å². The first-order valence-electron chi connectivity index (χ1n) is 5.51. The van der Waals surface area contributed by atoms with E-state index in [1.165, 1.54) is 5.56 Å². The summed E-state index contributed by atoms with van der Waals surface area (Å²) in [5.41, 5.74) is 3.13. The van der Waals surface area contributed by atoms with Gasteiger partial charge in [0, 0.05) is 28.0 Å². The van der Waals surface area contributed by atoms with Crippen LogP contribution < -0.4 is 4.74 Å². The van der Waals surface area contributed by atoms with Crippen LogP contribution in [0.25, 0.3) is 11.1 Å². The maximum atomic E-state index is 6.06. The third kappa shape index (κ3) is 1.65. The van der Waals surface area contributed by atoms with Gasteiger partial charge < -0.3 is 4.74 Å². The van der Waals surface area contributed by atoms with Gasteiger partial charge in [-0.2, -0.15) is 0 Å². The highest BCUT2D eigenvalue weighted by atomic mass is 79.9. The lowest BCUT2D eigenvalue weighted by Crippen LogP contribution is -2.29. The van der Waals surface area contributed by atoms with E-state index < -0.39 is 0 Å². The van der Waals surface area contributed by atoms with Gasteiger partial charge in [-0.05, 0) is 43.7 Å². The third-order valence-electron chi connectivity index (χ3n) is 3.07. The van der Waals surface area contributed by atoms with Gasteiger partial charge in [0.2, 0.25) is 0 Å². The fraction of sp³-hybridized carbons (Fsp3) is 0.214. The zero-order valence-electron chi connectivity index (χ0n) is 9.70. The Morgan fingerprint density at radius 1 is 1.18 bits per heavy atom. The number of pyridine rings is 1. The minimum absolute atomic E-state index is 0.336. The van der Waals surface area contributed by atoms with E-state index in [1.54, 1.807) is 0 Å². The molecule has 3 rings (SSSR count). The predicted octanol–water partition coefficient (Wildman–Crippen LogP) is 4.14. The van der Waals surface area contributed by atoms with Crippen molar-refractivity contribution in [2.75, 3.05) is 0 Å². The average Bonchev–Trinajstić information content (AvgIpc) is 2.28. The Labute approximate surface area is 109 Å². The molecule has 2 nitrogen and oxygen atoms in total. The van der Waals surface area contributed by atoms with Gasteiger partial charge in [0.15, 0.2) is 0 Å². The van der Waals surface area contributed by atoms with Crippen molar-refractivity contribution in [1.82, 2.24) is 4.98 Å². The lowest BCUT2D eigenvalue weighted by molar-refractivity contribution is 0.105. The molecule has 1 aromatic carbocycles. The summed E-state index contributed by atoms with van der Waals surface area (Å²) in [5.74, 6) is 0.920. The minimum Gasteiger partial charge on any atom is -0.482 e. The Balaban J connectivity index is 2.31. The monoisotopic (exact) mass is 289 g/mol. The molecule has 0 spiro atoms. The Morgan fingerprint density at radius 3 is 2.82 bits per heavy atom. The molecule has 0 radical (unpaired) electrons. The summed E-state index contributed by atoms with van der Waals surface area (Å²) in [6.07, 6.45) is 3.71. The van der Waals surface area contributed by atoms with Crippen LogP contribution in [0, 0.1) is 0 Å². The highest BCUT2D eigenvalue weighted by molar-refractivity contribution is 9.10. The molecule has 0 saturated carbocycles. The van der Waals surface area contributed by atoms with Gasteiger partial charge in [0.25, 0.3) is 0 Å². The molecule has 3 heteroatoms. The SMILES string of the molecule is CC1(C)Oc2cc(Br)ccc2-c2ccncc21. The van der Waals surface area contributed by atoms with Crippen LogP contribution in [0.1, 0.15) is 19.4 Å². The summed E-state index contributed by atoms with van der Waals surface area (Å²) in [4.78, 5) is 4.19. The smallest absolute Gasteiger partial charge is 0.130 e. The molecule has 1 aliphatic rings. The van der Waals surface area contributed by atoms with E-state index in [1.807, 2.05) is 30.6 Å². The van der Waals surface area contributed by atoms with E-state index >= 15 is 0 Å². The number of halogens is 1. The number of hydrogen-bond acceptors (Lipinski definition) is 2. The van der Waals surface area contributed by atoms with Crippen LogP contribution in [0.3, 0.4) is 0 Å². The number of nitrogens with zero attached hydrogens (tertiary/aromatic N) is 1. The number of hydrogen-bond donors (Lipinski definition) is 0. The van der Waals surface area contributed by atoms with Gasteiger partial charge in [-0.15, -0.1) is 0 Å². The number of rotatable bonds is 0. The van der Waals surface area contributed by atoms with Gasteiger partial charge in [0.05, 0.1) is 0 Å². The second-order valence-electron chi connectivity index (χ2n) is 4.67. The van der Waals surface area contributed by atoms with E-state index in [0.717, 1.165) is 21.3 Å². The Hall–Kier alpha value is -1.35. The molecular weight excluding hydrogens is 278 g/mol. The Kier molecular flexibility index (Phi) is 2.26. The van der Waals surface area contributed by atoms with Crippen molar-refractivity contribution in [3.63, 3.8) is 0 Å². The van der Waals surface area contributed by atoms with Gasteiger partial charge in [-0.25, -0.2) is 0 Å². The third-order valence-corrected chi connectivity index (χ3v) is 3.56. The largest absolute Gasteiger partial charge is 0.482 e. The second-order valence-corrected chi connectivity index (χ2v) is 5.59. The first-order chi connectivity index (χ1) is 8.08. The van der Waals surface area contributed by atoms with Gasteiger partial charge >= 0.3 is 0 Å². The van der Waals surface area contributed by atoms with E-state index in [2.05, 4.69) is 40.8 Å². The van der Waals surface area contributed by atoms with E-state index in [9.17, 15) is 0 Å². The summed E-state index contributed by atoms with van der Waals surface area (Å²) in [7, 11) is 0. The van der Waals surface area contributed by atoms with Crippen LogP contribution in [-0.2, 0) is 5.60 Å². The number of aromatic nitrogens is 1. The Bertz CT molecular complexity index is 593. The Morgan fingerprint density at radius 2 is 2.00 bits per heavy atom. The van der Waals surface area contributed by atoms with Gasteiger partial charge in [-0.3, -0.25) is 4.98 Å². The summed E-state index contributed by atoms with van der Waals surface area (Å²) < 4.78 is 7.09. The fourth-order valence-corrected chi connectivity index (χ4v) is 2.58. The maximum absolute atomic E-state index is 6.06. The number of ether oxygens (including phenoxy) is 1. The van der Waals surface area contributed by atoms with Gasteiger partial charge in [0.1, 0.15) is 11.4 Å². The molecule has 0 bridgehead atoms. The van der Waals surface area contributed by atoms with Crippen LogP contribution in [0.5, 0.6) is 5.75 Å². The zero-order chi connectivity index (χ0) is 12.0. The molecule has 0 amide bonds. The van der Waals surface area contributed by atoms with Crippen molar-refractivity contribution < 1.29 is 4.74 Å². The molecule has 86 valence electrons. The number of fused-ring (bicyclic) bond motifs is 3. The highest BCUT2D eigenvalue weighted by Gasteiger charge is 2.32. The molecule has 2 aromatic rings. The summed E-state index contributed by atoms with van der Waals surface area (Å²) >= 11 is 3.48. The van der Waals surface area contributed by atoms with Crippen LogP contribution in [0.15, 0.2) is 41.1 Å². The zero-order valence-corrected chi connectivity index (χ0v) is 11.3. The molecule has 0 saturated heterocycles. The molecule has 2 heterocycles. The van der Waals surface area contributed by atoms with Crippen molar-refractivity contribution >= 4 is 15.9 Å². The van der Waals surface area contributed by atoms with Crippen LogP contribution >= 0.6 is 15.9 Å². The number of benzene rings is 1. The standard InChI is InChI=1S/C14H12BrNO/c1-14(2)12-8-16-6-5-10(12)11-4-3-9(15)7-13(11)17-14/h3-8H,1-2H3. The average molecular weight is 290 g/mol.